The number of nitrogens with one attached hydrogen (secondary N) is 2. The molecule has 2 aromatic carbocycles. The molecular weight excluding hydrogens is 370 g/mol. The number of nitrogens with zero attached hydrogens (tertiary/aromatic N) is 1. The van der Waals surface area contributed by atoms with Crippen LogP contribution in [0.2, 0.25) is 0 Å². The smallest absolute Gasteiger partial charge is 0.275 e. The maximum absolute atomic E-state index is 12.6. The quantitative estimate of drug-likeness (QED) is 0.646. The summed E-state index contributed by atoms with van der Waals surface area (Å²) in [4.78, 5) is 16.0. The van der Waals surface area contributed by atoms with Gasteiger partial charge in [0, 0.05) is 5.56 Å². The highest BCUT2D eigenvalue weighted by Gasteiger charge is 2.24. The summed E-state index contributed by atoms with van der Waals surface area (Å²) in [5.41, 5.74) is 1.74. The van der Waals surface area contributed by atoms with Crippen LogP contribution in [0.1, 0.15) is 18.5 Å². The van der Waals surface area contributed by atoms with Gasteiger partial charge in [-0.2, -0.15) is 0 Å². The highest BCUT2D eigenvalue weighted by molar-refractivity contribution is 5.77. The van der Waals surface area contributed by atoms with Crippen molar-refractivity contribution in [2.24, 2.45) is 0 Å². The van der Waals surface area contributed by atoms with E-state index in [0.717, 1.165) is 48.9 Å². The number of phenols is 1. The zero-order valence-corrected chi connectivity index (χ0v) is 17.3. The number of benzene rings is 2. The Bertz CT molecular complexity index is 835. The van der Waals surface area contributed by atoms with Crippen LogP contribution in [-0.4, -0.2) is 58.0 Å². The Morgan fingerprint density at radius 1 is 1.17 bits per heavy atom. The van der Waals surface area contributed by atoms with Crippen LogP contribution in [0.3, 0.4) is 0 Å². The maximum atomic E-state index is 12.6. The number of aromatic hydroxyl groups is 1. The third-order valence-electron chi connectivity index (χ3n) is 5.38. The van der Waals surface area contributed by atoms with Crippen molar-refractivity contribution in [2.75, 3.05) is 51.8 Å². The second kappa shape index (κ2) is 9.52. The number of carbonyl (C=O) groups excluding carboxylic acids is 1. The second-order valence-corrected chi connectivity index (χ2v) is 7.30. The molecule has 1 atom stereocenters. The van der Waals surface area contributed by atoms with E-state index in [2.05, 4.69) is 10.2 Å². The lowest BCUT2D eigenvalue weighted by Gasteiger charge is -2.33. The van der Waals surface area contributed by atoms with Crippen LogP contribution < -0.4 is 24.6 Å². The van der Waals surface area contributed by atoms with Crippen molar-refractivity contribution in [2.45, 2.75) is 13.0 Å². The first-order valence-corrected chi connectivity index (χ1v) is 9.89. The summed E-state index contributed by atoms with van der Waals surface area (Å²) >= 11 is 0. The van der Waals surface area contributed by atoms with E-state index in [9.17, 15) is 9.90 Å². The van der Waals surface area contributed by atoms with Gasteiger partial charge in [0.25, 0.3) is 5.91 Å². The lowest BCUT2D eigenvalue weighted by atomic mass is 10.1. The molecule has 1 heterocycles. The summed E-state index contributed by atoms with van der Waals surface area (Å²) in [6.07, 6.45) is 0. The Balaban J connectivity index is 1.53. The Morgan fingerprint density at radius 2 is 1.90 bits per heavy atom. The highest BCUT2D eigenvalue weighted by Crippen LogP contribution is 2.29. The number of piperazine rings is 1. The van der Waals surface area contributed by atoms with E-state index < -0.39 is 0 Å². The number of phenolic OH excluding ortho intramolecular Hbond substituents is 1. The van der Waals surface area contributed by atoms with Crippen LogP contribution in [0.15, 0.2) is 42.5 Å². The van der Waals surface area contributed by atoms with Crippen LogP contribution in [0.4, 0.5) is 5.69 Å². The molecule has 0 radical (unpaired) electrons. The van der Waals surface area contributed by atoms with Gasteiger partial charge in [-0.25, -0.2) is 0 Å². The number of methoxy groups -OCH3 is 2. The Morgan fingerprint density at radius 3 is 2.55 bits per heavy atom. The summed E-state index contributed by atoms with van der Waals surface area (Å²) in [7, 11) is 3.24. The summed E-state index contributed by atoms with van der Waals surface area (Å²) in [6.45, 7) is 5.67. The van der Waals surface area contributed by atoms with E-state index in [1.165, 1.54) is 4.90 Å². The number of para-hydroxylation sites is 2. The summed E-state index contributed by atoms with van der Waals surface area (Å²) in [6, 6.07) is 12.8. The number of quaternary nitrogens is 1. The third kappa shape index (κ3) is 5.12. The van der Waals surface area contributed by atoms with E-state index in [4.69, 9.17) is 9.47 Å². The van der Waals surface area contributed by atoms with Crippen LogP contribution in [0.5, 0.6) is 17.2 Å². The first-order valence-electron chi connectivity index (χ1n) is 9.89. The molecule has 3 rings (SSSR count). The Kier molecular flexibility index (Phi) is 6.82. The van der Waals surface area contributed by atoms with Gasteiger partial charge in [0.2, 0.25) is 0 Å². The average Bonchev–Trinajstić information content (AvgIpc) is 2.74. The fraction of sp³-hybridized carbons (Fsp3) is 0.409. The van der Waals surface area contributed by atoms with Crippen molar-refractivity contribution in [3.05, 3.63) is 48.0 Å². The molecule has 29 heavy (non-hydrogen) atoms. The minimum absolute atomic E-state index is 0.00776. The van der Waals surface area contributed by atoms with Crippen LogP contribution >= 0.6 is 0 Å². The lowest BCUT2D eigenvalue weighted by Crippen LogP contribution is -3.15. The van der Waals surface area contributed by atoms with Gasteiger partial charge in [-0.05, 0) is 37.3 Å². The molecule has 0 unspecified atom stereocenters. The topological polar surface area (TPSA) is 75.5 Å². The second-order valence-electron chi connectivity index (χ2n) is 7.30. The molecule has 0 spiro atoms. The largest absolute Gasteiger partial charge is 0.506 e. The van der Waals surface area contributed by atoms with E-state index in [-0.39, 0.29) is 11.9 Å². The number of carbonyl (C=O) groups is 1. The summed E-state index contributed by atoms with van der Waals surface area (Å²) in [5, 5.41) is 13.1. The number of anilines is 1. The van der Waals surface area contributed by atoms with Gasteiger partial charge in [-0.15, -0.1) is 0 Å². The summed E-state index contributed by atoms with van der Waals surface area (Å²) in [5.74, 6) is 1.76. The fourth-order valence-corrected chi connectivity index (χ4v) is 3.75. The van der Waals surface area contributed by atoms with Crippen molar-refractivity contribution in [1.29, 1.82) is 0 Å². The monoisotopic (exact) mass is 400 g/mol. The third-order valence-corrected chi connectivity index (χ3v) is 5.38. The first kappa shape index (κ1) is 20.8. The minimum atomic E-state index is -0.186. The van der Waals surface area contributed by atoms with Crippen LogP contribution in [0, 0.1) is 0 Å². The molecule has 3 N–H and O–H groups in total. The van der Waals surface area contributed by atoms with Gasteiger partial charge >= 0.3 is 0 Å². The Labute approximate surface area is 171 Å². The van der Waals surface area contributed by atoms with Gasteiger partial charge in [-0.1, -0.05) is 12.1 Å². The molecule has 0 saturated carbocycles. The molecular formula is C22H30N3O4+. The van der Waals surface area contributed by atoms with Gasteiger partial charge in [0.05, 0.1) is 52.1 Å². The van der Waals surface area contributed by atoms with E-state index in [0.29, 0.717) is 12.3 Å². The number of rotatable bonds is 7. The summed E-state index contributed by atoms with van der Waals surface area (Å²) < 4.78 is 10.7. The minimum Gasteiger partial charge on any atom is -0.506 e. The molecule has 1 aliphatic rings. The average molecular weight is 400 g/mol. The zero-order chi connectivity index (χ0) is 20.8. The molecule has 7 heteroatoms. The van der Waals surface area contributed by atoms with Crippen molar-refractivity contribution >= 4 is 11.6 Å². The molecule has 0 aromatic heterocycles. The predicted molar refractivity (Wildman–Crippen MR) is 112 cm³/mol. The van der Waals surface area contributed by atoms with Crippen molar-refractivity contribution in [3.63, 3.8) is 0 Å². The number of amides is 1. The normalized spacial score (nSPS) is 15.6. The molecule has 156 valence electrons. The Hall–Kier alpha value is -2.93. The molecule has 1 fully saturated rings. The maximum Gasteiger partial charge on any atom is 0.275 e. The first-order chi connectivity index (χ1) is 14.0. The standard InChI is InChI=1S/C22H29N3O4/c1-16(18-14-17(28-2)8-9-21(18)29-3)23-22(27)15-24-10-12-25(13-11-24)19-6-4-5-7-20(19)26/h4-9,14,16,26H,10-13,15H2,1-3H3,(H,23,27)/p+1/t16-/m1/s1. The highest BCUT2D eigenvalue weighted by atomic mass is 16.5. The molecule has 0 bridgehead atoms. The molecule has 1 amide bonds. The van der Waals surface area contributed by atoms with Crippen LogP contribution in [0.25, 0.3) is 0 Å². The van der Waals surface area contributed by atoms with Gasteiger partial charge in [0.1, 0.15) is 17.2 Å². The predicted octanol–water partition coefficient (Wildman–Crippen LogP) is 0.992. The number of hydrogen-bond acceptors (Lipinski definition) is 5. The SMILES string of the molecule is COc1ccc(OC)c([C@@H](C)NC(=O)C[NH+]2CCN(c3ccccc3O)CC2)c1. The van der Waals surface area contributed by atoms with E-state index >= 15 is 0 Å². The molecule has 7 nitrogen and oxygen atoms in total. The number of ether oxygens (including phenoxy) is 2. The zero-order valence-electron chi connectivity index (χ0n) is 17.3. The number of hydrogen-bond donors (Lipinski definition) is 3. The van der Waals surface area contributed by atoms with Crippen molar-refractivity contribution in [1.82, 2.24) is 5.32 Å². The molecule has 1 aliphatic heterocycles. The van der Waals surface area contributed by atoms with Crippen LogP contribution in [-0.2, 0) is 4.79 Å². The fourth-order valence-electron chi connectivity index (χ4n) is 3.75. The molecule has 1 saturated heterocycles. The molecule has 0 aliphatic carbocycles. The van der Waals surface area contributed by atoms with Gasteiger partial charge in [0.15, 0.2) is 6.54 Å². The van der Waals surface area contributed by atoms with Gasteiger partial charge < -0.3 is 29.7 Å². The van der Waals surface area contributed by atoms with Crippen molar-refractivity contribution in [3.8, 4) is 17.2 Å². The lowest BCUT2D eigenvalue weighted by molar-refractivity contribution is -0.892. The van der Waals surface area contributed by atoms with E-state index in [1.54, 1.807) is 20.3 Å². The van der Waals surface area contributed by atoms with Gasteiger partial charge in [-0.3, -0.25) is 4.79 Å². The van der Waals surface area contributed by atoms with Crippen molar-refractivity contribution < 1.29 is 24.3 Å². The molecule has 2 aromatic rings. The van der Waals surface area contributed by atoms with E-state index in [1.807, 2.05) is 43.3 Å².